The molecule has 0 N–H and O–H groups in total. The number of aromatic nitrogens is 5. The normalized spacial score (nSPS) is 11.1. The first-order chi connectivity index (χ1) is 16.9. The van der Waals surface area contributed by atoms with Crippen molar-refractivity contribution in [2.75, 3.05) is 29.5 Å². The van der Waals surface area contributed by atoms with Crippen LogP contribution >= 0.6 is 0 Å². The topological polar surface area (TPSA) is 72.2 Å². The van der Waals surface area contributed by atoms with Gasteiger partial charge >= 0.3 is 0 Å². The van der Waals surface area contributed by atoms with Gasteiger partial charge in [0, 0.05) is 49.7 Å². The monoisotopic (exact) mass is 477 g/mol. The Morgan fingerprint density at radius 2 is 1.66 bits per heavy atom. The Bertz CT molecular complexity index is 1290. The summed E-state index contributed by atoms with van der Waals surface area (Å²) in [5, 5.41) is 5.56. The van der Waals surface area contributed by atoms with E-state index in [-0.39, 0.29) is 5.82 Å². The minimum absolute atomic E-state index is 0.260. The van der Waals surface area contributed by atoms with Crippen LogP contribution in [0.1, 0.15) is 37.6 Å². The van der Waals surface area contributed by atoms with Crippen molar-refractivity contribution in [3.8, 4) is 5.75 Å². The summed E-state index contributed by atoms with van der Waals surface area (Å²) in [4.78, 5) is 18.3. The van der Waals surface area contributed by atoms with Gasteiger partial charge in [-0.1, -0.05) is 18.2 Å². The zero-order valence-corrected chi connectivity index (χ0v) is 21.0. The summed E-state index contributed by atoms with van der Waals surface area (Å²) in [6.45, 7) is 11.0. The molecular formula is C26H32FN7O. The second-order valence-electron chi connectivity index (χ2n) is 8.32. The number of ether oxygens (including phenoxy) is 1. The number of benzene rings is 1. The van der Waals surface area contributed by atoms with Crippen LogP contribution in [0.5, 0.6) is 5.75 Å². The van der Waals surface area contributed by atoms with Gasteiger partial charge in [-0.2, -0.15) is 5.10 Å². The van der Waals surface area contributed by atoms with Gasteiger partial charge in [0.2, 0.25) is 5.95 Å². The average molecular weight is 478 g/mol. The molecule has 3 aromatic heterocycles. The average Bonchev–Trinajstić information content (AvgIpc) is 3.14. The summed E-state index contributed by atoms with van der Waals surface area (Å²) >= 11 is 0. The summed E-state index contributed by atoms with van der Waals surface area (Å²) in [6.07, 6.45) is 3.30. The quantitative estimate of drug-likeness (QED) is 0.329. The van der Waals surface area contributed by atoms with E-state index in [9.17, 15) is 4.39 Å². The molecule has 0 radical (unpaired) electrons. The van der Waals surface area contributed by atoms with E-state index in [2.05, 4.69) is 39.9 Å². The lowest BCUT2D eigenvalue weighted by Crippen LogP contribution is -2.29. The third kappa shape index (κ3) is 5.18. The smallest absolute Gasteiger partial charge is 0.226 e. The van der Waals surface area contributed by atoms with Gasteiger partial charge in [-0.25, -0.2) is 19.3 Å². The van der Waals surface area contributed by atoms with E-state index in [1.807, 2.05) is 36.5 Å². The van der Waals surface area contributed by atoms with Crippen LogP contribution in [-0.4, -0.2) is 44.4 Å². The number of rotatable bonds is 10. The molecule has 0 unspecified atom stereocenters. The number of hydrogen-bond donors (Lipinski definition) is 0. The molecule has 9 heteroatoms. The fraction of sp³-hybridized carbons (Fsp3) is 0.385. The maximum absolute atomic E-state index is 14.6. The first-order valence-corrected chi connectivity index (χ1v) is 12.0. The molecule has 35 heavy (non-hydrogen) atoms. The summed E-state index contributed by atoms with van der Waals surface area (Å²) in [5.74, 6) is 1.71. The second-order valence-corrected chi connectivity index (χ2v) is 8.32. The minimum atomic E-state index is -0.260. The van der Waals surface area contributed by atoms with Crippen molar-refractivity contribution in [2.45, 2.75) is 40.8 Å². The van der Waals surface area contributed by atoms with Crippen LogP contribution in [0.4, 0.5) is 16.2 Å². The molecule has 4 aromatic rings. The van der Waals surface area contributed by atoms with Crippen LogP contribution in [-0.2, 0) is 20.1 Å². The predicted octanol–water partition coefficient (Wildman–Crippen LogP) is 4.66. The number of anilines is 2. The minimum Gasteiger partial charge on any atom is -0.491 e. The molecular weight excluding hydrogens is 445 g/mol. The number of hydrogen-bond acceptors (Lipinski definition) is 7. The van der Waals surface area contributed by atoms with Gasteiger partial charge in [0.05, 0.1) is 24.7 Å². The van der Waals surface area contributed by atoms with E-state index < -0.39 is 0 Å². The molecule has 0 spiro atoms. The van der Waals surface area contributed by atoms with Crippen LogP contribution in [0.3, 0.4) is 0 Å². The highest BCUT2D eigenvalue weighted by molar-refractivity contribution is 5.81. The van der Waals surface area contributed by atoms with Gasteiger partial charge < -0.3 is 14.5 Å². The fourth-order valence-electron chi connectivity index (χ4n) is 4.24. The zero-order valence-electron chi connectivity index (χ0n) is 21.0. The molecule has 0 saturated carbocycles. The lowest BCUT2D eigenvalue weighted by atomic mass is 10.1. The van der Waals surface area contributed by atoms with Crippen molar-refractivity contribution in [1.82, 2.24) is 24.7 Å². The van der Waals surface area contributed by atoms with Crippen molar-refractivity contribution in [1.29, 1.82) is 0 Å². The van der Waals surface area contributed by atoms with Gasteiger partial charge in [-0.15, -0.1) is 0 Å². The highest BCUT2D eigenvalue weighted by atomic mass is 19.1. The largest absolute Gasteiger partial charge is 0.491 e. The highest BCUT2D eigenvalue weighted by Gasteiger charge is 2.21. The first kappa shape index (κ1) is 24.4. The van der Waals surface area contributed by atoms with E-state index in [0.717, 1.165) is 41.2 Å². The van der Waals surface area contributed by atoms with Gasteiger partial charge in [0.15, 0.2) is 11.4 Å². The molecule has 1 aromatic carbocycles. The van der Waals surface area contributed by atoms with Crippen molar-refractivity contribution in [3.63, 3.8) is 0 Å². The van der Waals surface area contributed by atoms with Crippen molar-refractivity contribution >= 4 is 22.8 Å². The number of pyridine rings is 1. The molecule has 0 saturated heterocycles. The van der Waals surface area contributed by atoms with Crippen molar-refractivity contribution in [3.05, 3.63) is 65.4 Å². The van der Waals surface area contributed by atoms with E-state index in [1.165, 1.54) is 6.07 Å². The Morgan fingerprint density at radius 1 is 0.971 bits per heavy atom. The molecule has 0 aliphatic carbocycles. The number of fused-ring (bicyclic) bond motifs is 1. The third-order valence-corrected chi connectivity index (χ3v) is 6.01. The molecule has 3 heterocycles. The first-order valence-electron chi connectivity index (χ1n) is 12.0. The van der Waals surface area contributed by atoms with Crippen LogP contribution in [0.2, 0.25) is 0 Å². The van der Waals surface area contributed by atoms with Gasteiger partial charge in [0.1, 0.15) is 11.6 Å². The molecule has 8 nitrogen and oxygen atoms in total. The molecule has 0 aliphatic heterocycles. The number of aryl methyl sites for hydroxylation is 2. The summed E-state index contributed by atoms with van der Waals surface area (Å²) in [6, 6.07) is 8.93. The second kappa shape index (κ2) is 10.7. The third-order valence-electron chi connectivity index (χ3n) is 6.01. The van der Waals surface area contributed by atoms with Crippen molar-refractivity contribution < 1.29 is 9.13 Å². The summed E-state index contributed by atoms with van der Waals surface area (Å²) in [5.41, 5.74) is 3.33. The Labute approximate surface area is 205 Å². The van der Waals surface area contributed by atoms with Crippen LogP contribution < -0.4 is 14.5 Å². The lowest BCUT2D eigenvalue weighted by Gasteiger charge is -2.27. The predicted molar refractivity (Wildman–Crippen MR) is 136 cm³/mol. The number of halogens is 1. The molecule has 0 amide bonds. The van der Waals surface area contributed by atoms with Crippen molar-refractivity contribution in [2.24, 2.45) is 7.05 Å². The molecule has 0 fully saturated rings. The maximum Gasteiger partial charge on any atom is 0.226 e. The zero-order chi connectivity index (χ0) is 24.9. The Morgan fingerprint density at radius 3 is 2.31 bits per heavy atom. The fourth-order valence-corrected chi connectivity index (χ4v) is 4.24. The Balaban J connectivity index is 1.80. The number of nitrogens with zero attached hydrogens (tertiary/aromatic N) is 7. The Kier molecular flexibility index (Phi) is 7.43. The standard InChI is InChI=1S/C26H32FN7O/c1-6-33(7-2)24-20(13-22-18(4)31-32(5)25(22)30-24)17-34(16-19-11-9-10-12-23(19)27)26-28-14-21(15-29-26)35-8-3/h9-15H,6-8,16-17H2,1-5H3. The van der Waals surface area contributed by atoms with Gasteiger partial charge in [-0.05, 0) is 39.8 Å². The molecule has 0 bridgehead atoms. The SMILES string of the molecule is CCOc1cnc(N(Cc2ccccc2F)Cc2cc3c(C)nn(C)c3nc2N(CC)CC)nc1. The highest BCUT2D eigenvalue weighted by Crippen LogP contribution is 2.28. The van der Waals surface area contributed by atoms with E-state index in [0.29, 0.717) is 37.0 Å². The molecule has 0 atom stereocenters. The van der Waals surface area contributed by atoms with Crippen LogP contribution in [0.15, 0.2) is 42.7 Å². The van der Waals surface area contributed by atoms with Crippen LogP contribution in [0.25, 0.3) is 11.0 Å². The Hall–Kier alpha value is -3.75. The van der Waals surface area contributed by atoms with Gasteiger partial charge in [0.25, 0.3) is 0 Å². The molecule has 4 rings (SSSR count). The van der Waals surface area contributed by atoms with Gasteiger partial charge in [-0.3, -0.25) is 4.68 Å². The van der Waals surface area contributed by atoms with E-state index in [1.54, 1.807) is 24.5 Å². The summed E-state index contributed by atoms with van der Waals surface area (Å²) < 4.78 is 22.0. The van der Waals surface area contributed by atoms with E-state index in [4.69, 9.17) is 9.72 Å². The summed E-state index contributed by atoms with van der Waals surface area (Å²) in [7, 11) is 1.91. The molecule has 0 aliphatic rings. The van der Waals surface area contributed by atoms with Crippen LogP contribution in [0, 0.1) is 12.7 Å². The maximum atomic E-state index is 14.6. The van der Waals surface area contributed by atoms with E-state index >= 15 is 0 Å². The lowest BCUT2D eigenvalue weighted by molar-refractivity contribution is 0.337. The molecule has 184 valence electrons.